The number of alkyl halides is 2. The predicted molar refractivity (Wildman–Crippen MR) is 107 cm³/mol. The van der Waals surface area contributed by atoms with Crippen LogP contribution >= 0.6 is 24.0 Å². The van der Waals surface area contributed by atoms with E-state index in [0.29, 0.717) is 5.56 Å². The average Bonchev–Trinajstić information content (AvgIpc) is 2.60. The topological polar surface area (TPSA) is 78.1 Å². The number of nitrogens with zero attached hydrogens (tertiary/aromatic N) is 1. The van der Waals surface area contributed by atoms with Crippen molar-refractivity contribution in [3.05, 3.63) is 48.0 Å². The fourth-order valence-electron chi connectivity index (χ4n) is 2.05. The minimum Gasteiger partial charge on any atom is -0.497 e. The third-order valence-corrected chi connectivity index (χ3v) is 3.24. The second-order valence-electron chi connectivity index (χ2n) is 4.92. The fraction of sp³-hybridized carbons (Fsp3) is 0.235. The smallest absolute Gasteiger partial charge is 0.387 e. The van der Waals surface area contributed by atoms with Gasteiger partial charge in [0.1, 0.15) is 5.75 Å². The Balaban J connectivity index is 0.00000338. The molecule has 2 rings (SSSR count). The lowest BCUT2D eigenvalue weighted by molar-refractivity contribution is -0.0512. The molecule has 0 radical (unpaired) electrons. The normalized spacial score (nSPS) is 10.9. The van der Waals surface area contributed by atoms with Gasteiger partial charge in [-0.2, -0.15) is 8.78 Å². The van der Waals surface area contributed by atoms with Gasteiger partial charge in [0.15, 0.2) is 17.5 Å². The van der Waals surface area contributed by atoms with Crippen molar-refractivity contribution in [1.29, 1.82) is 0 Å². The van der Waals surface area contributed by atoms with Crippen LogP contribution in [0.25, 0.3) is 0 Å². The van der Waals surface area contributed by atoms with E-state index >= 15 is 0 Å². The summed E-state index contributed by atoms with van der Waals surface area (Å²) in [5.74, 6) is 1.09. The second kappa shape index (κ2) is 10.6. The molecule has 0 fully saturated rings. The minimum absolute atomic E-state index is 0. The van der Waals surface area contributed by atoms with E-state index in [9.17, 15) is 8.78 Å². The molecule has 2 aromatic rings. The summed E-state index contributed by atoms with van der Waals surface area (Å²) in [7, 11) is 2.96. The third-order valence-electron chi connectivity index (χ3n) is 3.24. The number of hydrogen-bond donors (Lipinski definition) is 2. The van der Waals surface area contributed by atoms with Crippen LogP contribution in [0.1, 0.15) is 5.56 Å². The monoisotopic (exact) mass is 479 g/mol. The molecule has 2 aromatic carbocycles. The quantitative estimate of drug-likeness (QED) is 0.359. The highest BCUT2D eigenvalue weighted by Crippen LogP contribution is 2.29. The van der Waals surface area contributed by atoms with Crippen molar-refractivity contribution in [3.63, 3.8) is 0 Å². The van der Waals surface area contributed by atoms with Crippen LogP contribution in [-0.4, -0.2) is 26.8 Å². The molecular formula is C17H20F2IN3O3. The van der Waals surface area contributed by atoms with Gasteiger partial charge >= 0.3 is 6.61 Å². The van der Waals surface area contributed by atoms with Crippen molar-refractivity contribution in [2.24, 2.45) is 10.7 Å². The van der Waals surface area contributed by atoms with Crippen molar-refractivity contribution >= 4 is 35.6 Å². The zero-order chi connectivity index (χ0) is 18.2. The van der Waals surface area contributed by atoms with Gasteiger partial charge in [-0.1, -0.05) is 6.07 Å². The number of halogens is 3. The number of hydrogen-bond acceptors (Lipinski definition) is 4. The summed E-state index contributed by atoms with van der Waals surface area (Å²) in [6.07, 6.45) is 0. The van der Waals surface area contributed by atoms with Gasteiger partial charge in [0, 0.05) is 5.69 Å². The van der Waals surface area contributed by atoms with Gasteiger partial charge < -0.3 is 25.3 Å². The van der Waals surface area contributed by atoms with Gasteiger partial charge in [-0.25, -0.2) is 4.99 Å². The lowest BCUT2D eigenvalue weighted by atomic mass is 10.2. The van der Waals surface area contributed by atoms with E-state index in [1.165, 1.54) is 19.2 Å². The Labute approximate surface area is 167 Å². The van der Waals surface area contributed by atoms with Crippen LogP contribution in [-0.2, 0) is 6.54 Å². The van der Waals surface area contributed by atoms with Crippen molar-refractivity contribution in [2.45, 2.75) is 13.2 Å². The molecule has 0 aliphatic rings. The van der Waals surface area contributed by atoms with Gasteiger partial charge in [-0.3, -0.25) is 0 Å². The van der Waals surface area contributed by atoms with E-state index in [0.717, 1.165) is 11.4 Å². The molecule has 0 bridgehead atoms. The molecule has 9 heteroatoms. The largest absolute Gasteiger partial charge is 0.497 e. The Morgan fingerprint density at radius 3 is 2.35 bits per heavy atom. The first kappa shape index (κ1) is 21.7. The van der Waals surface area contributed by atoms with Gasteiger partial charge in [-0.15, -0.1) is 24.0 Å². The Hall–Kier alpha value is -2.30. The Bertz CT molecular complexity index is 728. The van der Waals surface area contributed by atoms with E-state index in [2.05, 4.69) is 15.0 Å². The number of aliphatic imine (C=N–C) groups is 1. The van der Waals surface area contributed by atoms with Gasteiger partial charge in [0.05, 0.1) is 20.8 Å². The first-order valence-corrected chi connectivity index (χ1v) is 7.34. The summed E-state index contributed by atoms with van der Waals surface area (Å²) < 4.78 is 39.4. The summed E-state index contributed by atoms with van der Waals surface area (Å²) in [4.78, 5) is 4.18. The van der Waals surface area contributed by atoms with E-state index in [1.54, 1.807) is 37.4 Å². The number of methoxy groups -OCH3 is 2. The number of guanidine groups is 1. The first-order chi connectivity index (χ1) is 12.0. The van der Waals surface area contributed by atoms with E-state index in [1.807, 2.05) is 0 Å². The Kier molecular flexibility index (Phi) is 8.90. The van der Waals surface area contributed by atoms with Gasteiger partial charge in [-0.05, 0) is 42.0 Å². The summed E-state index contributed by atoms with van der Waals surface area (Å²) in [6, 6.07) is 11.8. The molecule has 6 nitrogen and oxygen atoms in total. The van der Waals surface area contributed by atoms with Crippen LogP contribution in [0, 0.1) is 0 Å². The van der Waals surface area contributed by atoms with Crippen LogP contribution in [0.2, 0.25) is 0 Å². The second-order valence-corrected chi connectivity index (χ2v) is 4.92. The molecule has 0 saturated heterocycles. The van der Waals surface area contributed by atoms with Crippen LogP contribution in [0.4, 0.5) is 14.5 Å². The Morgan fingerprint density at radius 2 is 1.77 bits per heavy atom. The molecule has 0 unspecified atom stereocenters. The number of nitrogens with two attached hydrogens (primary N) is 1. The number of ether oxygens (including phenoxy) is 3. The van der Waals surface area contributed by atoms with Crippen LogP contribution in [0.15, 0.2) is 47.5 Å². The average molecular weight is 479 g/mol. The van der Waals surface area contributed by atoms with Crippen molar-refractivity contribution in [2.75, 3.05) is 19.5 Å². The Morgan fingerprint density at radius 1 is 1.08 bits per heavy atom. The molecule has 0 heterocycles. The predicted octanol–water partition coefficient (Wildman–Crippen LogP) is 3.85. The fourth-order valence-corrected chi connectivity index (χ4v) is 2.05. The molecule has 142 valence electrons. The van der Waals surface area contributed by atoms with Gasteiger partial charge in [0.2, 0.25) is 0 Å². The highest BCUT2D eigenvalue weighted by molar-refractivity contribution is 14.0. The van der Waals surface area contributed by atoms with E-state index in [-0.39, 0.29) is 48.0 Å². The molecule has 0 aliphatic carbocycles. The van der Waals surface area contributed by atoms with E-state index < -0.39 is 6.61 Å². The van der Waals surface area contributed by atoms with Crippen LogP contribution in [0.5, 0.6) is 17.2 Å². The molecule has 0 atom stereocenters. The summed E-state index contributed by atoms with van der Waals surface area (Å²) in [6.45, 7) is -2.74. The van der Waals surface area contributed by atoms with Crippen molar-refractivity contribution < 1.29 is 23.0 Å². The number of benzene rings is 2. The molecule has 0 spiro atoms. The summed E-state index contributed by atoms with van der Waals surface area (Å²) >= 11 is 0. The molecule has 26 heavy (non-hydrogen) atoms. The molecule has 0 saturated carbocycles. The highest BCUT2D eigenvalue weighted by atomic mass is 127. The molecule has 0 amide bonds. The van der Waals surface area contributed by atoms with Gasteiger partial charge in [0.25, 0.3) is 0 Å². The van der Waals surface area contributed by atoms with Crippen molar-refractivity contribution in [3.8, 4) is 17.2 Å². The minimum atomic E-state index is -2.94. The van der Waals surface area contributed by atoms with Crippen LogP contribution < -0.4 is 25.3 Å². The standard InChI is InChI=1S/C17H19F2N3O3.HI/c1-23-13-6-4-12(5-7-13)22-17(20)21-10-11-3-8-14(24-2)15(9-11)25-16(18)19;/h3-9,16H,10H2,1-2H3,(H3,20,21,22);1H. The van der Waals surface area contributed by atoms with Crippen LogP contribution in [0.3, 0.4) is 0 Å². The maximum absolute atomic E-state index is 12.4. The van der Waals surface area contributed by atoms with E-state index in [4.69, 9.17) is 15.2 Å². The number of nitrogens with one attached hydrogen (secondary N) is 1. The molecule has 0 aliphatic heterocycles. The lowest BCUT2D eigenvalue weighted by Gasteiger charge is -2.11. The molecule has 0 aromatic heterocycles. The zero-order valence-electron chi connectivity index (χ0n) is 14.2. The lowest BCUT2D eigenvalue weighted by Crippen LogP contribution is -2.22. The highest BCUT2D eigenvalue weighted by Gasteiger charge is 2.11. The SMILES string of the molecule is COc1ccc(NC(N)=NCc2ccc(OC)c(OC(F)F)c2)cc1.I. The molecule has 3 N–H and O–H groups in total. The maximum Gasteiger partial charge on any atom is 0.387 e. The summed E-state index contributed by atoms with van der Waals surface area (Å²) in [5.41, 5.74) is 7.23. The third kappa shape index (κ3) is 6.54. The zero-order valence-corrected chi connectivity index (χ0v) is 16.6. The summed E-state index contributed by atoms with van der Waals surface area (Å²) in [5, 5.41) is 2.93. The number of rotatable bonds is 7. The molecular weight excluding hydrogens is 459 g/mol. The maximum atomic E-state index is 12.4. The first-order valence-electron chi connectivity index (χ1n) is 7.34. The number of anilines is 1. The van der Waals surface area contributed by atoms with Crippen molar-refractivity contribution in [1.82, 2.24) is 0 Å².